The number of carbonyl (C=O) groups excluding carboxylic acids is 1. The quantitative estimate of drug-likeness (QED) is 0.854. The van der Waals surface area contributed by atoms with Gasteiger partial charge in [-0.1, -0.05) is 5.16 Å². The van der Waals surface area contributed by atoms with Gasteiger partial charge in [-0.25, -0.2) is 0 Å². The van der Waals surface area contributed by atoms with Crippen molar-refractivity contribution >= 4 is 5.91 Å². The van der Waals surface area contributed by atoms with Crippen LogP contribution in [-0.4, -0.2) is 42.6 Å². The van der Waals surface area contributed by atoms with E-state index < -0.39 is 0 Å². The van der Waals surface area contributed by atoms with E-state index >= 15 is 0 Å². The molecule has 0 aliphatic carbocycles. The standard InChI is InChI=1S/C12H19N3O2/c1-9-11(7-14-17-9)12(16)15-5-3-4-10(8-15)6-13-2/h7,10,13H,3-6,8H2,1-2H3. The van der Waals surface area contributed by atoms with Gasteiger partial charge >= 0.3 is 0 Å². The Kier molecular flexibility index (Phi) is 3.78. The summed E-state index contributed by atoms with van der Waals surface area (Å²) < 4.78 is 4.94. The van der Waals surface area contributed by atoms with Gasteiger partial charge in [0, 0.05) is 13.1 Å². The third-order valence-electron chi connectivity index (χ3n) is 3.28. The lowest BCUT2D eigenvalue weighted by Gasteiger charge is -2.32. The summed E-state index contributed by atoms with van der Waals surface area (Å²) in [6, 6.07) is 0. The van der Waals surface area contributed by atoms with E-state index in [0.29, 0.717) is 17.2 Å². The zero-order valence-corrected chi connectivity index (χ0v) is 10.4. The van der Waals surface area contributed by atoms with Crippen LogP contribution in [0.2, 0.25) is 0 Å². The molecule has 5 heteroatoms. The largest absolute Gasteiger partial charge is 0.361 e. The van der Waals surface area contributed by atoms with E-state index in [2.05, 4.69) is 10.5 Å². The van der Waals surface area contributed by atoms with Crippen LogP contribution >= 0.6 is 0 Å². The first-order chi connectivity index (χ1) is 8.22. The molecule has 1 fully saturated rings. The minimum atomic E-state index is 0.0459. The fourth-order valence-corrected chi connectivity index (χ4v) is 2.38. The molecule has 1 saturated heterocycles. The van der Waals surface area contributed by atoms with Gasteiger partial charge in [0.25, 0.3) is 5.91 Å². The van der Waals surface area contributed by atoms with E-state index in [-0.39, 0.29) is 5.91 Å². The van der Waals surface area contributed by atoms with Crippen LogP contribution in [0.5, 0.6) is 0 Å². The number of aryl methyl sites for hydroxylation is 1. The summed E-state index contributed by atoms with van der Waals surface area (Å²) >= 11 is 0. The maximum atomic E-state index is 12.2. The minimum absolute atomic E-state index is 0.0459. The third-order valence-corrected chi connectivity index (χ3v) is 3.28. The van der Waals surface area contributed by atoms with Crippen LogP contribution in [0, 0.1) is 12.8 Å². The molecule has 0 bridgehead atoms. The molecule has 94 valence electrons. The molecule has 1 aromatic rings. The summed E-state index contributed by atoms with van der Waals surface area (Å²) in [5, 5.41) is 6.83. The normalized spacial score (nSPS) is 20.6. The molecule has 1 atom stereocenters. The molecule has 0 spiro atoms. The number of aromatic nitrogens is 1. The van der Waals surface area contributed by atoms with Crippen LogP contribution in [-0.2, 0) is 0 Å². The van der Waals surface area contributed by atoms with E-state index in [1.807, 2.05) is 11.9 Å². The van der Waals surface area contributed by atoms with Gasteiger partial charge in [0.1, 0.15) is 11.3 Å². The fraction of sp³-hybridized carbons (Fsp3) is 0.667. The van der Waals surface area contributed by atoms with Crippen LogP contribution in [0.25, 0.3) is 0 Å². The Morgan fingerprint density at radius 2 is 2.53 bits per heavy atom. The van der Waals surface area contributed by atoms with Crippen molar-refractivity contribution in [3.63, 3.8) is 0 Å². The minimum Gasteiger partial charge on any atom is -0.361 e. The Labute approximate surface area is 101 Å². The molecule has 0 saturated carbocycles. The average molecular weight is 237 g/mol. The van der Waals surface area contributed by atoms with Gasteiger partial charge in [0.15, 0.2) is 0 Å². The van der Waals surface area contributed by atoms with Gasteiger partial charge < -0.3 is 14.7 Å². The maximum absolute atomic E-state index is 12.2. The van der Waals surface area contributed by atoms with Gasteiger partial charge in [-0.05, 0) is 39.3 Å². The fourth-order valence-electron chi connectivity index (χ4n) is 2.38. The Bertz CT molecular complexity index is 387. The molecule has 17 heavy (non-hydrogen) atoms. The molecule has 5 nitrogen and oxygen atoms in total. The van der Waals surface area contributed by atoms with Crippen molar-refractivity contribution in [3.05, 3.63) is 17.5 Å². The molecule has 1 unspecified atom stereocenters. The summed E-state index contributed by atoms with van der Waals surface area (Å²) in [6.07, 6.45) is 3.77. The van der Waals surface area contributed by atoms with Crippen molar-refractivity contribution in [3.8, 4) is 0 Å². The first-order valence-corrected chi connectivity index (χ1v) is 6.07. The number of hydrogen-bond donors (Lipinski definition) is 1. The van der Waals surface area contributed by atoms with Crippen LogP contribution in [0.3, 0.4) is 0 Å². The molecule has 1 aliphatic heterocycles. The molecule has 2 rings (SSSR count). The number of piperidine rings is 1. The van der Waals surface area contributed by atoms with Gasteiger partial charge in [0.05, 0.1) is 6.20 Å². The first-order valence-electron chi connectivity index (χ1n) is 6.07. The highest BCUT2D eigenvalue weighted by atomic mass is 16.5. The van der Waals surface area contributed by atoms with E-state index in [9.17, 15) is 4.79 Å². The maximum Gasteiger partial charge on any atom is 0.259 e. The number of likely N-dealkylation sites (tertiary alicyclic amines) is 1. The van der Waals surface area contributed by atoms with Gasteiger partial charge in [0.2, 0.25) is 0 Å². The van der Waals surface area contributed by atoms with Crippen molar-refractivity contribution in [2.45, 2.75) is 19.8 Å². The van der Waals surface area contributed by atoms with E-state index in [4.69, 9.17) is 4.52 Å². The second-order valence-electron chi connectivity index (χ2n) is 4.61. The number of carbonyl (C=O) groups is 1. The Hall–Kier alpha value is -1.36. The number of nitrogens with one attached hydrogen (secondary N) is 1. The van der Waals surface area contributed by atoms with Crippen LogP contribution in [0.1, 0.15) is 29.0 Å². The molecular formula is C12H19N3O2. The number of amides is 1. The SMILES string of the molecule is CNCC1CCCN(C(=O)c2cnoc2C)C1. The van der Waals surface area contributed by atoms with Gasteiger partial charge in [-0.3, -0.25) is 4.79 Å². The highest BCUT2D eigenvalue weighted by Gasteiger charge is 2.26. The zero-order valence-electron chi connectivity index (χ0n) is 10.4. The average Bonchev–Trinajstić information content (AvgIpc) is 2.75. The van der Waals surface area contributed by atoms with E-state index in [0.717, 1.165) is 26.1 Å². The van der Waals surface area contributed by atoms with Gasteiger partial charge in [-0.2, -0.15) is 0 Å². The number of rotatable bonds is 3. The van der Waals surface area contributed by atoms with Crippen molar-refractivity contribution in [1.82, 2.24) is 15.4 Å². The smallest absolute Gasteiger partial charge is 0.259 e. The van der Waals surface area contributed by atoms with Crippen LogP contribution < -0.4 is 5.32 Å². The molecule has 1 amide bonds. The predicted molar refractivity (Wildman–Crippen MR) is 63.8 cm³/mol. The molecular weight excluding hydrogens is 218 g/mol. The summed E-state index contributed by atoms with van der Waals surface area (Å²) in [6.45, 7) is 4.40. The Balaban J connectivity index is 2.02. The predicted octanol–water partition coefficient (Wildman–Crippen LogP) is 1.05. The van der Waals surface area contributed by atoms with E-state index in [1.54, 1.807) is 6.92 Å². The van der Waals surface area contributed by atoms with Crippen molar-refractivity contribution in [2.75, 3.05) is 26.7 Å². The molecule has 0 aromatic carbocycles. The number of nitrogens with zero attached hydrogens (tertiary/aromatic N) is 2. The third kappa shape index (κ3) is 2.66. The molecule has 2 heterocycles. The topological polar surface area (TPSA) is 58.4 Å². The highest BCUT2D eigenvalue weighted by molar-refractivity contribution is 5.94. The van der Waals surface area contributed by atoms with Crippen LogP contribution in [0.4, 0.5) is 0 Å². The van der Waals surface area contributed by atoms with Gasteiger partial charge in [-0.15, -0.1) is 0 Å². The summed E-state index contributed by atoms with van der Waals surface area (Å²) in [5.41, 5.74) is 0.593. The second kappa shape index (κ2) is 5.31. The summed E-state index contributed by atoms with van der Waals surface area (Å²) in [4.78, 5) is 14.1. The lowest BCUT2D eigenvalue weighted by atomic mass is 9.97. The lowest BCUT2D eigenvalue weighted by molar-refractivity contribution is 0.0672. The molecule has 0 radical (unpaired) electrons. The highest BCUT2D eigenvalue weighted by Crippen LogP contribution is 2.19. The Morgan fingerprint density at radius 3 is 3.18 bits per heavy atom. The number of hydrogen-bond acceptors (Lipinski definition) is 4. The second-order valence-corrected chi connectivity index (χ2v) is 4.61. The zero-order chi connectivity index (χ0) is 12.3. The van der Waals surface area contributed by atoms with Crippen molar-refractivity contribution in [1.29, 1.82) is 0 Å². The van der Waals surface area contributed by atoms with Crippen LogP contribution in [0.15, 0.2) is 10.7 Å². The first kappa shape index (κ1) is 12.1. The molecule has 1 N–H and O–H groups in total. The Morgan fingerprint density at radius 1 is 1.71 bits per heavy atom. The molecule has 1 aromatic heterocycles. The molecule has 1 aliphatic rings. The lowest BCUT2D eigenvalue weighted by Crippen LogP contribution is -2.42. The van der Waals surface area contributed by atoms with Crippen molar-refractivity contribution in [2.24, 2.45) is 5.92 Å². The summed E-state index contributed by atoms with van der Waals surface area (Å²) in [7, 11) is 1.95. The summed E-state index contributed by atoms with van der Waals surface area (Å²) in [5.74, 6) is 1.20. The monoisotopic (exact) mass is 237 g/mol. The van der Waals surface area contributed by atoms with Crippen molar-refractivity contribution < 1.29 is 9.32 Å². The van der Waals surface area contributed by atoms with E-state index in [1.165, 1.54) is 12.6 Å².